The molecule has 0 fully saturated rings. The van der Waals surface area contributed by atoms with E-state index in [1.807, 2.05) is 26.0 Å². The summed E-state index contributed by atoms with van der Waals surface area (Å²) in [7, 11) is 0. The third-order valence-corrected chi connectivity index (χ3v) is 4.92. The van der Waals surface area contributed by atoms with Crippen LogP contribution in [0.5, 0.6) is 0 Å². The lowest BCUT2D eigenvalue weighted by Gasteiger charge is -2.13. The van der Waals surface area contributed by atoms with Crippen molar-refractivity contribution >= 4 is 28.4 Å². The Morgan fingerprint density at radius 1 is 1.29 bits per heavy atom. The predicted molar refractivity (Wildman–Crippen MR) is 108 cm³/mol. The van der Waals surface area contributed by atoms with Gasteiger partial charge in [-0.2, -0.15) is 0 Å². The van der Waals surface area contributed by atoms with Crippen molar-refractivity contribution in [3.05, 3.63) is 74.5 Å². The van der Waals surface area contributed by atoms with Crippen LogP contribution in [0.1, 0.15) is 30.3 Å². The Morgan fingerprint density at radius 2 is 2.07 bits per heavy atom. The van der Waals surface area contributed by atoms with Crippen LogP contribution in [0.15, 0.2) is 41.2 Å². The van der Waals surface area contributed by atoms with Gasteiger partial charge in [0.2, 0.25) is 5.91 Å². The number of para-hydroxylation sites is 1. The Kier molecular flexibility index (Phi) is 6.09. The topological polar surface area (TPSA) is 64.0 Å². The van der Waals surface area contributed by atoms with Gasteiger partial charge < -0.3 is 5.32 Å². The van der Waals surface area contributed by atoms with Gasteiger partial charge >= 0.3 is 0 Å². The van der Waals surface area contributed by atoms with Crippen molar-refractivity contribution in [3.63, 3.8) is 0 Å². The van der Waals surface area contributed by atoms with Crippen LogP contribution in [0.3, 0.4) is 0 Å². The molecule has 0 aliphatic rings. The average Bonchev–Trinajstić information content (AvgIpc) is 2.68. The summed E-state index contributed by atoms with van der Waals surface area (Å²) in [5, 5.41) is 3.39. The summed E-state index contributed by atoms with van der Waals surface area (Å²) in [4.78, 5) is 29.6. The number of carbonyl (C=O) groups excluding carboxylic acids is 1. The maximum atomic E-state index is 13.2. The molecule has 0 bridgehead atoms. The molecule has 0 saturated heterocycles. The molecule has 0 saturated carbocycles. The molecule has 0 unspecified atom stereocenters. The van der Waals surface area contributed by atoms with Crippen molar-refractivity contribution in [2.75, 3.05) is 0 Å². The first-order valence-corrected chi connectivity index (χ1v) is 9.48. The van der Waals surface area contributed by atoms with E-state index in [9.17, 15) is 14.0 Å². The van der Waals surface area contributed by atoms with E-state index in [4.69, 9.17) is 11.6 Å². The molecule has 2 aromatic carbocycles. The van der Waals surface area contributed by atoms with Crippen molar-refractivity contribution in [1.29, 1.82) is 0 Å². The lowest BCUT2D eigenvalue weighted by molar-refractivity contribution is -0.121. The molecule has 0 aliphatic carbocycles. The number of fused-ring (bicyclic) bond motifs is 1. The minimum Gasteiger partial charge on any atom is -0.352 e. The van der Waals surface area contributed by atoms with E-state index < -0.39 is 5.82 Å². The zero-order valence-corrected chi connectivity index (χ0v) is 16.5. The second-order valence-corrected chi connectivity index (χ2v) is 6.98. The molecule has 1 amide bonds. The van der Waals surface area contributed by atoms with Crippen LogP contribution in [0.25, 0.3) is 10.9 Å². The third kappa shape index (κ3) is 4.22. The summed E-state index contributed by atoms with van der Waals surface area (Å²) in [6.45, 7) is 4.53. The van der Waals surface area contributed by atoms with Gasteiger partial charge in [-0.3, -0.25) is 14.2 Å². The second kappa shape index (κ2) is 8.52. The molecule has 1 heterocycles. The summed E-state index contributed by atoms with van der Waals surface area (Å²) < 4.78 is 14.8. The van der Waals surface area contributed by atoms with Crippen LogP contribution in [-0.2, 0) is 24.3 Å². The Labute approximate surface area is 167 Å². The fraction of sp³-hybridized carbons (Fsp3) is 0.286. The summed E-state index contributed by atoms with van der Waals surface area (Å²) in [5.41, 5.74) is 2.22. The largest absolute Gasteiger partial charge is 0.352 e. The van der Waals surface area contributed by atoms with E-state index >= 15 is 0 Å². The van der Waals surface area contributed by atoms with Crippen LogP contribution in [0.2, 0.25) is 5.02 Å². The van der Waals surface area contributed by atoms with E-state index in [1.165, 1.54) is 12.1 Å². The normalized spacial score (nSPS) is 11.0. The van der Waals surface area contributed by atoms with E-state index in [0.717, 1.165) is 5.56 Å². The number of carbonyl (C=O) groups is 1. The molecular weight excluding hydrogens is 381 g/mol. The zero-order valence-electron chi connectivity index (χ0n) is 15.8. The highest BCUT2D eigenvalue weighted by Crippen LogP contribution is 2.16. The molecule has 7 heteroatoms. The summed E-state index contributed by atoms with van der Waals surface area (Å²) >= 11 is 5.75. The van der Waals surface area contributed by atoms with Gasteiger partial charge in [0.25, 0.3) is 5.56 Å². The molecule has 146 valence electrons. The van der Waals surface area contributed by atoms with Crippen LogP contribution >= 0.6 is 11.6 Å². The van der Waals surface area contributed by atoms with Crippen molar-refractivity contribution in [2.24, 2.45) is 0 Å². The van der Waals surface area contributed by atoms with Gasteiger partial charge in [0.1, 0.15) is 11.6 Å². The molecule has 0 spiro atoms. The van der Waals surface area contributed by atoms with Crippen molar-refractivity contribution in [2.45, 2.75) is 39.8 Å². The molecule has 1 aromatic heterocycles. The molecule has 3 rings (SSSR count). The number of amides is 1. The minimum absolute atomic E-state index is 0.0226. The number of nitrogens with one attached hydrogen (secondary N) is 1. The second-order valence-electron chi connectivity index (χ2n) is 6.57. The number of aromatic nitrogens is 2. The van der Waals surface area contributed by atoms with Crippen molar-refractivity contribution in [1.82, 2.24) is 14.9 Å². The highest BCUT2D eigenvalue weighted by Gasteiger charge is 2.13. The number of nitrogens with zero attached hydrogens (tertiary/aromatic N) is 2. The van der Waals surface area contributed by atoms with E-state index in [2.05, 4.69) is 10.3 Å². The van der Waals surface area contributed by atoms with E-state index in [1.54, 1.807) is 16.7 Å². The Balaban J connectivity index is 1.72. The highest BCUT2D eigenvalue weighted by atomic mass is 35.5. The van der Waals surface area contributed by atoms with Crippen LogP contribution < -0.4 is 10.9 Å². The summed E-state index contributed by atoms with van der Waals surface area (Å²) in [6, 6.07) is 9.85. The number of hydrogen-bond acceptors (Lipinski definition) is 3. The Bertz CT molecular complexity index is 1090. The number of rotatable bonds is 6. The first kappa shape index (κ1) is 20.0. The maximum absolute atomic E-state index is 13.2. The molecule has 3 aromatic rings. The Morgan fingerprint density at radius 3 is 2.79 bits per heavy atom. The average molecular weight is 402 g/mol. The smallest absolute Gasteiger partial charge is 0.261 e. The van der Waals surface area contributed by atoms with Crippen LogP contribution in [0.4, 0.5) is 4.39 Å². The number of benzene rings is 2. The van der Waals surface area contributed by atoms with E-state index in [-0.39, 0.29) is 29.5 Å². The zero-order chi connectivity index (χ0) is 20.3. The summed E-state index contributed by atoms with van der Waals surface area (Å²) in [5.74, 6) is -0.0801. The van der Waals surface area contributed by atoms with Gasteiger partial charge in [0.05, 0.1) is 15.9 Å². The summed E-state index contributed by atoms with van der Waals surface area (Å²) in [6.07, 6.45) is 0.544. The number of aryl methyl sites for hydroxylation is 2. The third-order valence-electron chi connectivity index (χ3n) is 4.63. The molecular formula is C21H21ClFN3O2. The molecule has 0 aliphatic heterocycles. The monoisotopic (exact) mass is 401 g/mol. The lowest BCUT2D eigenvalue weighted by atomic mass is 10.1. The van der Waals surface area contributed by atoms with Crippen LogP contribution in [0, 0.1) is 12.7 Å². The maximum Gasteiger partial charge on any atom is 0.261 e. The van der Waals surface area contributed by atoms with Crippen molar-refractivity contribution in [3.8, 4) is 0 Å². The van der Waals surface area contributed by atoms with Gasteiger partial charge in [-0.05, 0) is 43.2 Å². The van der Waals surface area contributed by atoms with Gasteiger partial charge in [0, 0.05) is 25.9 Å². The SMILES string of the molecule is CCn1c(CCC(=O)NCc2ccc(F)c(Cl)c2)nc2c(C)cccc2c1=O. The molecule has 5 nitrogen and oxygen atoms in total. The fourth-order valence-corrected chi connectivity index (χ4v) is 3.32. The van der Waals surface area contributed by atoms with Crippen molar-refractivity contribution < 1.29 is 9.18 Å². The molecule has 28 heavy (non-hydrogen) atoms. The molecule has 1 N–H and O–H groups in total. The first-order chi connectivity index (χ1) is 13.4. The fourth-order valence-electron chi connectivity index (χ4n) is 3.11. The molecule has 0 atom stereocenters. The number of halogens is 2. The predicted octanol–water partition coefficient (Wildman–Crippen LogP) is 3.77. The lowest BCUT2D eigenvalue weighted by Crippen LogP contribution is -2.27. The molecule has 0 radical (unpaired) electrons. The standard InChI is InChI=1S/C21H21ClFN3O2/c1-3-26-18(25-20-13(2)5-4-6-15(20)21(26)28)9-10-19(27)24-12-14-7-8-17(23)16(22)11-14/h4-8,11H,3,9-10,12H2,1-2H3,(H,24,27). The van der Waals surface area contributed by atoms with Gasteiger partial charge in [-0.25, -0.2) is 9.37 Å². The number of hydrogen-bond donors (Lipinski definition) is 1. The first-order valence-electron chi connectivity index (χ1n) is 9.10. The van der Waals surface area contributed by atoms with Gasteiger partial charge in [0.15, 0.2) is 0 Å². The van der Waals surface area contributed by atoms with E-state index in [0.29, 0.717) is 35.3 Å². The highest BCUT2D eigenvalue weighted by molar-refractivity contribution is 6.30. The van der Waals surface area contributed by atoms with Gasteiger partial charge in [-0.15, -0.1) is 0 Å². The minimum atomic E-state index is -0.494. The van der Waals surface area contributed by atoms with Gasteiger partial charge in [-0.1, -0.05) is 29.8 Å². The Hall–Kier alpha value is -2.73. The quantitative estimate of drug-likeness (QED) is 0.683. The van der Waals surface area contributed by atoms with Crippen LogP contribution in [-0.4, -0.2) is 15.5 Å².